The van der Waals surface area contributed by atoms with Gasteiger partial charge in [0.05, 0.1) is 18.7 Å². The Hall–Kier alpha value is -2.04. The monoisotopic (exact) mass is 345 g/mol. The van der Waals surface area contributed by atoms with Crippen molar-refractivity contribution in [3.8, 4) is 5.75 Å². The van der Waals surface area contributed by atoms with E-state index in [1.54, 1.807) is 25.3 Å². The molecule has 3 rings (SSSR count). The molecule has 2 N–H and O–H groups in total. The van der Waals surface area contributed by atoms with Crippen LogP contribution in [-0.4, -0.2) is 25.6 Å². The Labute approximate surface area is 147 Å². The normalized spacial score (nSPS) is 17.7. The molecule has 24 heavy (non-hydrogen) atoms. The maximum atomic E-state index is 12.6. The number of benzene rings is 2. The minimum Gasteiger partial charge on any atom is -0.495 e. The van der Waals surface area contributed by atoms with Gasteiger partial charge in [0.25, 0.3) is 5.91 Å². The summed E-state index contributed by atoms with van der Waals surface area (Å²) in [6, 6.07) is 13.6. The lowest BCUT2D eigenvalue weighted by Gasteiger charge is -2.30. The van der Waals surface area contributed by atoms with Gasteiger partial charge in [0, 0.05) is 17.7 Å². The first-order valence-corrected chi connectivity index (χ1v) is 8.52. The molecule has 0 radical (unpaired) electrons. The van der Waals surface area contributed by atoms with Crippen molar-refractivity contribution in [3.63, 3.8) is 0 Å². The Morgan fingerprint density at radius 1 is 1.25 bits per heavy atom. The summed E-state index contributed by atoms with van der Waals surface area (Å²) in [7, 11) is 1.57. The van der Waals surface area contributed by atoms with Gasteiger partial charge in [0.15, 0.2) is 6.04 Å². The van der Waals surface area contributed by atoms with Gasteiger partial charge in [-0.25, -0.2) is 0 Å². The molecule has 0 aliphatic carbocycles. The van der Waals surface area contributed by atoms with Crippen LogP contribution in [0.2, 0.25) is 5.02 Å². The average molecular weight is 346 g/mol. The van der Waals surface area contributed by atoms with E-state index >= 15 is 0 Å². The predicted molar refractivity (Wildman–Crippen MR) is 95.8 cm³/mol. The number of amides is 1. The van der Waals surface area contributed by atoms with Crippen LogP contribution in [0.4, 0.5) is 5.69 Å². The van der Waals surface area contributed by atoms with Crippen molar-refractivity contribution in [2.75, 3.05) is 19.0 Å². The Morgan fingerprint density at radius 3 is 2.71 bits per heavy atom. The number of ether oxygens (including phenoxy) is 1. The van der Waals surface area contributed by atoms with E-state index in [4.69, 9.17) is 16.3 Å². The lowest BCUT2D eigenvalue weighted by molar-refractivity contribution is -0.929. The highest BCUT2D eigenvalue weighted by atomic mass is 35.5. The number of nitrogens with one attached hydrogen (secondary N) is 2. The first kappa shape index (κ1) is 16.8. The van der Waals surface area contributed by atoms with Gasteiger partial charge >= 0.3 is 0 Å². The van der Waals surface area contributed by atoms with Crippen LogP contribution in [0.3, 0.4) is 0 Å². The molecular formula is C19H22ClN2O2+. The smallest absolute Gasteiger partial charge is 0.282 e. The fraction of sp³-hybridized carbons (Fsp3) is 0.316. The molecule has 2 atom stereocenters. The van der Waals surface area contributed by atoms with E-state index in [0.29, 0.717) is 16.5 Å². The summed E-state index contributed by atoms with van der Waals surface area (Å²) in [5, 5.41) is 3.44. The Morgan fingerprint density at radius 2 is 2.00 bits per heavy atom. The zero-order valence-corrected chi connectivity index (χ0v) is 14.7. The van der Waals surface area contributed by atoms with E-state index in [1.807, 2.05) is 6.92 Å². The predicted octanol–water partition coefficient (Wildman–Crippen LogP) is 2.32. The van der Waals surface area contributed by atoms with Crippen LogP contribution < -0.4 is 15.0 Å². The van der Waals surface area contributed by atoms with Crippen LogP contribution >= 0.6 is 11.6 Å². The second-order valence-corrected chi connectivity index (χ2v) is 6.57. The van der Waals surface area contributed by atoms with Crippen molar-refractivity contribution < 1.29 is 14.4 Å². The van der Waals surface area contributed by atoms with Crippen LogP contribution in [0, 0.1) is 0 Å². The minimum absolute atomic E-state index is 0.00520. The van der Waals surface area contributed by atoms with Crippen molar-refractivity contribution in [1.29, 1.82) is 0 Å². The van der Waals surface area contributed by atoms with Crippen molar-refractivity contribution in [2.24, 2.45) is 0 Å². The number of carbonyl (C=O) groups is 1. The van der Waals surface area contributed by atoms with Gasteiger partial charge in [0.2, 0.25) is 0 Å². The lowest BCUT2D eigenvalue weighted by Crippen LogP contribution is -3.16. The molecule has 2 aromatic carbocycles. The third-order valence-electron chi connectivity index (χ3n) is 4.68. The third kappa shape index (κ3) is 3.55. The summed E-state index contributed by atoms with van der Waals surface area (Å²) in [6.07, 6.45) is 1.01. The van der Waals surface area contributed by atoms with Crippen LogP contribution in [0.5, 0.6) is 5.75 Å². The van der Waals surface area contributed by atoms with Gasteiger partial charge in [0.1, 0.15) is 12.3 Å². The Kier molecular flexibility index (Phi) is 5.07. The van der Waals surface area contributed by atoms with E-state index in [1.165, 1.54) is 16.0 Å². The van der Waals surface area contributed by atoms with Gasteiger partial charge in [-0.05, 0) is 30.7 Å². The molecule has 1 unspecified atom stereocenters. The molecule has 0 aromatic heterocycles. The minimum atomic E-state index is -0.126. The lowest BCUT2D eigenvalue weighted by atomic mass is 9.99. The van der Waals surface area contributed by atoms with Crippen molar-refractivity contribution in [3.05, 3.63) is 58.6 Å². The van der Waals surface area contributed by atoms with E-state index in [2.05, 4.69) is 29.6 Å². The van der Waals surface area contributed by atoms with E-state index in [-0.39, 0.29) is 11.9 Å². The second kappa shape index (κ2) is 7.24. The highest BCUT2D eigenvalue weighted by Gasteiger charge is 2.28. The number of carbonyl (C=O) groups excluding carboxylic acids is 1. The average Bonchev–Trinajstić information content (AvgIpc) is 2.60. The Bertz CT molecular complexity index is 748. The van der Waals surface area contributed by atoms with Crippen LogP contribution in [-0.2, 0) is 17.8 Å². The topological polar surface area (TPSA) is 42.8 Å². The first-order chi connectivity index (χ1) is 11.6. The Balaban J connectivity index is 1.66. The van der Waals surface area contributed by atoms with Gasteiger partial charge < -0.3 is 15.0 Å². The number of anilines is 1. The van der Waals surface area contributed by atoms with Crippen LogP contribution in [0.25, 0.3) is 0 Å². The maximum Gasteiger partial charge on any atom is 0.282 e. The van der Waals surface area contributed by atoms with Crippen LogP contribution in [0.1, 0.15) is 18.1 Å². The van der Waals surface area contributed by atoms with E-state index < -0.39 is 0 Å². The molecule has 5 heteroatoms. The van der Waals surface area contributed by atoms with Gasteiger partial charge in [-0.1, -0.05) is 35.9 Å². The molecule has 2 aromatic rings. The molecule has 1 aliphatic rings. The molecule has 0 fully saturated rings. The summed E-state index contributed by atoms with van der Waals surface area (Å²) in [6.45, 7) is 3.83. The zero-order chi connectivity index (χ0) is 17.1. The summed E-state index contributed by atoms with van der Waals surface area (Å²) >= 11 is 6.12. The molecule has 1 amide bonds. The number of fused-ring (bicyclic) bond motifs is 1. The standard InChI is InChI=1S/C19H21ClN2O2/c1-13(22-10-9-14-5-3-4-6-15(14)12-22)19(23)21-16-7-8-18(24-2)17(20)11-16/h3-8,11,13H,9-10,12H2,1-2H3,(H,21,23)/p+1/t13-/m0/s1. The highest BCUT2D eigenvalue weighted by Crippen LogP contribution is 2.27. The van der Waals surface area contributed by atoms with E-state index in [0.717, 1.165) is 19.5 Å². The number of methoxy groups -OCH3 is 1. The molecule has 0 spiro atoms. The van der Waals surface area contributed by atoms with Gasteiger partial charge in [-0.3, -0.25) is 4.79 Å². The summed E-state index contributed by atoms with van der Waals surface area (Å²) in [5.74, 6) is 0.603. The molecule has 1 aliphatic heterocycles. The van der Waals surface area contributed by atoms with Gasteiger partial charge in [-0.15, -0.1) is 0 Å². The summed E-state index contributed by atoms with van der Waals surface area (Å²) < 4.78 is 5.13. The molecule has 1 heterocycles. The van der Waals surface area contributed by atoms with Crippen molar-refractivity contribution >= 4 is 23.2 Å². The first-order valence-electron chi connectivity index (χ1n) is 8.14. The quantitative estimate of drug-likeness (QED) is 0.893. The molecule has 0 saturated heterocycles. The molecule has 0 saturated carbocycles. The second-order valence-electron chi connectivity index (χ2n) is 6.16. The van der Waals surface area contributed by atoms with Gasteiger partial charge in [-0.2, -0.15) is 0 Å². The number of rotatable bonds is 4. The largest absolute Gasteiger partial charge is 0.495 e. The molecule has 4 nitrogen and oxygen atoms in total. The summed E-state index contributed by atoms with van der Waals surface area (Å²) in [5.41, 5.74) is 3.43. The zero-order valence-electron chi connectivity index (χ0n) is 13.9. The third-order valence-corrected chi connectivity index (χ3v) is 4.97. The molecular weight excluding hydrogens is 324 g/mol. The number of hydrogen-bond acceptors (Lipinski definition) is 2. The maximum absolute atomic E-state index is 12.6. The van der Waals surface area contributed by atoms with Crippen LogP contribution in [0.15, 0.2) is 42.5 Å². The number of quaternary nitrogens is 1. The van der Waals surface area contributed by atoms with Crippen molar-refractivity contribution in [2.45, 2.75) is 25.9 Å². The fourth-order valence-electron chi connectivity index (χ4n) is 3.15. The molecule has 126 valence electrons. The fourth-order valence-corrected chi connectivity index (χ4v) is 3.41. The molecule has 0 bridgehead atoms. The van der Waals surface area contributed by atoms with E-state index in [9.17, 15) is 4.79 Å². The SMILES string of the molecule is COc1ccc(NC(=O)[C@H](C)[NH+]2CCc3ccccc3C2)cc1Cl. The number of halogens is 1. The van der Waals surface area contributed by atoms with Crippen molar-refractivity contribution in [1.82, 2.24) is 0 Å². The summed E-state index contributed by atoms with van der Waals surface area (Å²) in [4.78, 5) is 13.9. The highest BCUT2D eigenvalue weighted by molar-refractivity contribution is 6.32. The number of hydrogen-bond donors (Lipinski definition) is 2.